The van der Waals surface area contributed by atoms with Crippen molar-refractivity contribution in [2.45, 2.75) is 24.2 Å². The predicted molar refractivity (Wildman–Crippen MR) is 90.7 cm³/mol. The van der Waals surface area contributed by atoms with Crippen LogP contribution in [0.2, 0.25) is 5.02 Å². The van der Waals surface area contributed by atoms with Gasteiger partial charge < -0.3 is 5.11 Å². The molecule has 2 aromatic carbocycles. The van der Waals surface area contributed by atoms with Crippen LogP contribution in [-0.2, 0) is 27.8 Å². The highest BCUT2D eigenvalue weighted by Gasteiger charge is 2.37. The van der Waals surface area contributed by atoms with E-state index in [0.29, 0.717) is 17.0 Å². The number of benzene rings is 2. The Morgan fingerprint density at radius 1 is 1.13 bits per heavy atom. The third kappa shape index (κ3) is 3.58. The summed E-state index contributed by atoms with van der Waals surface area (Å²) in [5.41, 5.74) is 1.27. The average molecular weight is 352 g/mol. The molecule has 0 saturated carbocycles. The molecule has 0 saturated heterocycles. The maximum atomic E-state index is 12.3. The van der Waals surface area contributed by atoms with Gasteiger partial charge in [-0.3, -0.25) is 0 Å². The van der Waals surface area contributed by atoms with Crippen LogP contribution in [0.1, 0.15) is 23.1 Å². The fourth-order valence-corrected chi connectivity index (χ4v) is 4.46. The lowest BCUT2D eigenvalue weighted by molar-refractivity contribution is 0.0442. The minimum Gasteiger partial charge on any atom is -0.384 e. The van der Waals surface area contributed by atoms with Crippen molar-refractivity contribution >= 4 is 21.6 Å². The fraction of sp³-hybridized carbons (Fsp3) is 0.294. The van der Waals surface area contributed by atoms with Crippen molar-refractivity contribution in [1.29, 1.82) is 0 Å². The smallest absolute Gasteiger partial charge is 0.215 e. The summed E-state index contributed by atoms with van der Waals surface area (Å²) in [6.45, 7) is -0.0310. The Hall–Kier alpha value is -1.40. The first-order chi connectivity index (χ1) is 10.9. The van der Waals surface area contributed by atoms with E-state index in [9.17, 15) is 13.5 Å². The number of fused-ring (bicyclic) bond motifs is 1. The van der Waals surface area contributed by atoms with Gasteiger partial charge in [0.1, 0.15) is 5.60 Å². The molecule has 1 aliphatic carbocycles. The third-order valence-electron chi connectivity index (χ3n) is 4.21. The molecule has 23 heavy (non-hydrogen) atoms. The van der Waals surface area contributed by atoms with Gasteiger partial charge in [0.25, 0.3) is 0 Å². The number of hydrogen-bond donors (Lipinski definition) is 2. The molecule has 122 valence electrons. The first kappa shape index (κ1) is 16.5. The molecule has 0 fully saturated rings. The minimum absolute atomic E-state index is 0.0310. The van der Waals surface area contributed by atoms with E-state index in [-0.39, 0.29) is 12.3 Å². The van der Waals surface area contributed by atoms with Crippen LogP contribution in [0.3, 0.4) is 0 Å². The third-order valence-corrected chi connectivity index (χ3v) is 5.86. The van der Waals surface area contributed by atoms with Crippen LogP contribution in [0.25, 0.3) is 0 Å². The maximum Gasteiger partial charge on any atom is 0.215 e. The molecule has 0 aliphatic heterocycles. The standard InChI is InChI=1S/C17H18ClNO3S/c18-16-8-4-2-6-14(16)11-23(21,22)19-12-17(20)10-9-13-5-1-3-7-15(13)17/h1-8,19-20H,9-12H2/t17-/m0/s1. The normalized spacial score (nSPS) is 20.4. The van der Waals surface area contributed by atoms with E-state index in [1.807, 2.05) is 24.3 Å². The summed E-state index contributed by atoms with van der Waals surface area (Å²) < 4.78 is 27.1. The van der Waals surface area contributed by atoms with E-state index < -0.39 is 15.6 Å². The second-order valence-electron chi connectivity index (χ2n) is 5.86. The molecule has 6 heteroatoms. The molecule has 3 rings (SSSR count). The van der Waals surface area contributed by atoms with Crippen LogP contribution in [0.5, 0.6) is 0 Å². The number of sulfonamides is 1. The van der Waals surface area contributed by atoms with Crippen molar-refractivity contribution in [1.82, 2.24) is 4.72 Å². The first-order valence-electron chi connectivity index (χ1n) is 7.41. The van der Waals surface area contributed by atoms with Crippen molar-refractivity contribution in [3.63, 3.8) is 0 Å². The van der Waals surface area contributed by atoms with E-state index in [2.05, 4.69) is 4.72 Å². The second-order valence-corrected chi connectivity index (χ2v) is 8.07. The lowest BCUT2D eigenvalue weighted by Crippen LogP contribution is -2.39. The van der Waals surface area contributed by atoms with Gasteiger partial charge in [0.05, 0.1) is 5.75 Å². The molecule has 0 aromatic heterocycles. The van der Waals surface area contributed by atoms with E-state index in [1.54, 1.807) is 24.3 Å². The van der Waals surface area contributed by atoms with Crippen molar-refractivity contribution in [2.75, 3.05) is 6.54 Å². The molecule has 0 heterocycles. The number of aliphatic hydroxyl groups is 1. The SMILES string of the molecule is O=S(=O)(Cc1ccccc1Cl)NC[C@@]1(O)CCc2ccccc21. The number of rotatable bonds is 5. The summed E-state index contributed by atoms with van der Waals surface area (Å²) in [4.78, 5) is 0. The Morgan fingerprint density at radius 2 is 1.83 bits per heavy atom. The van der Waals surface area contributed by atoms with Gasteiger partial charge in [-0.25, -0.2) is 13.1 Å². The zero-order valence-electron chi connectivity index (χ0n) is 12.5. The predicted octanol–water partition coefficient (Wildman–Crippen LogP) is 2.59. The summed E-state index contributed by atoms with van der Waals surface area (Å²) in [6.07, 6.45) is 1.26. The minimum atomic E-state index is -3.58. The van der Waals surface area contributed by atoms with Crippen LogP contribution in [0, 0.1) is 0 Å². The number of hydrogen-bond acceptors (Lipinski definition) is 3. The summed E-state index contributed by atoms with van der Waals surface area (Å²) in [7, 11) is -3.58. The highest BCUT2D eigenvalue weighted by atomic mass is 35.5. The highest BCUT2D eigenvalue weighted by molar-refractivity contribution is 7.88. The van der Waals surface area contributed by atoms with E-state index >= 15 is 0 Å². The molecule has 0 spiro atoms. The summed E-state index contributed by atoms with van der Waals surface area (Å²) in [5, 5.41) is 11.2. The Morgan fingerprint density at radius 3 is 2.61 bits per heavy atom. The average Bonchev–Trinajstić information content (AvgIpc) is 2.86. The van der Waals surface area contributed by atoms with Crippen LogP contribution < -0.4 is 4.72 Å². The summed E-state index contributed by atoms with van der Waals surface area (Å²) >= 11 is 6.01. The molecule has 0 bridgehead atoms. The molecule has 4 nitrogen and oxygen atoms in total. The Bertz CT molecular complexity index is 822. The summed E-state index contributed by atoms with van der Waals surface area (Å²) in [5.74, 6) is -0.204. The van der Waals surface area contributed by atoms with Crippen LogP contribution >= 0.6 is 11.6 Å². The number of nitrogens with one attached hydrogen (secondary N) is 1. The van der Waals surface area contributed by atoms with Gasteiger partial charge in [0, 0.05) is 11.6 Å². The monoisotopic (exact) mass is 351 g/mol. The first-order valence-corrected chi connectivity index (χ1v) is 9.44. The second kappa shape index (κ2) is 6.24. The van der Waals surface area contributed by atoms with Crippen LogP contribution in [0.4, 0.5) is 0 Å². The van der Waals surface area contributed by atoms with Gasteiger partial charge in [-0.05, 0) is 35.6 Å². The van der Waals surface area contributed by atoms with E-state index in [0.717, 1.165) is 17.5 Å². The largest absolute Gasteiger partial charge is 0.384 e. The molecular formula is C17H18ClNO3S. The zero-order valence-corrected chi connectivity index (χ0v) is 14.1. The zero-order chi connectivity index (χ0) is 16.5. The van der Waals surface area contributed by atoms with Gasteiger partial charge in [0.2, 0.25) is 10.0 Å². The van der Waals surface area contributed by atoms with Gasteiger partial charge in [-0.2, -0.15) is 0 Å². The molecule has 2 aromatic rings. The van der Waals surface area contributed by atoms with Crippen molar-refractivity contribution in [2.24, 2.45) is 0 Å². The quantitative estimate of drug-likeness (QED) is 0.870. The van der Waals surface area contributed by atoms with Crippen LogP contribution in [-0.4, -0.2) is 20.1 Å². The Labute approximate surface area is 141 Å². The molecule has 1 aliphatic rings. The van der Waals surface area contributed by atoms with Crippen molar-refractivity contribution < 1.29 is 13.5 Å². The van der Waals surface area contributed by atoms with Gasteiger partial charge in [-0.15, -0.1) is 0 Å². The number of halogens is 1. The fourth-order valence-electron chi connectivity index (χ4n) is 2.95. The molecule has 1 atom stereocenters. The molecule has 2 N–H and O–H groups in total. The van der Waals surface area contributed by atoms with E-state index in [1.165, 1.54) is 0 Å². The molecule has 0 amide bonds. The van der Waals surface area contributed by atoms with Crippen LogP contribution in [0.15, 0.2) is 48.5 Å². The Kier molecular flexibility index (Phi) is 4.47. The van der Waals surface area contributed by atoms with Crippen molar-refractivity contribution in [3.8, 4) is 0 Å². The maximum absolute atomic E-state index is 12.3. The summed E-state index contributed by atoms with van der Waals surface area (Å²) in [6, 6.07) is 14.4. The Balaban J connectivity index is 1.72. The number of aryl methyl sites for hydroxylation is 1. The van der Waals surface area contributed by atoms with Gasteiger partial charge in [-0.1, -0.05) is 54.1 Å². The van der Waals surface area contributed by atoms with Gasteiger partial charge in [0.15, 0.2) is 0 Å². The topological polar surface area (TPSA) is 66.4 Å². The molecule has 0 unspecified atom stereocenters. The van der Waals surface area contributed by atoms with Gasteiger partial charge >= 0.3 is 0 Å². The lowest BCUT2D eigenvalue weighted by atomic mass is 9.96. The van der Waals surface area contributed by atoms with Crippen molar-refractivity contribution in [3.05, 3.63) is 70.2 Å². The lowest BCUT2D eigenvalue weighted by Gasteiger charge is -2.24. The van der Waals surface area contributed by atoms with E-state index in [4.69, 9.17) is 11.6 Å². The molecule has 0 radical (unpaired) electrons. The molecular weight excluding hydrogens is 334 g/mol. The highest BCUT2D eigenvalue weighted by Crippen LogP contribution is 2.36.